The number of hydrogen-bond donors (Lipinski definition) is 0. The molecule has 1 aromatic rings. The minimum Gasteiger partial charge on any atom is -0.379 e. The van der Waals surface area contributed by atoms with Crippen LogP contribution in [0.3, 0.4) is 0 Å². The molecule has 3 heterocycles. The highest BCUT2D eigenvalue weighted by Crippen LogP contribution is 2.36. The van der Waals surface area contributed by atoms with Gasteiger partial charge in [0.15, 0.2) is 0 Å². The third-order valence-corrected chi connectivity index (χ3v) is 7.97. The maximum absolute atomic E-state index is 13.1. The van der Waals surface area contributed by atoms with E-state index in [2.05, 4.69) is 21.9 Å². The lowest BCUT2D eigenvalue weighted by atomic mass is 9.87. The standard InChI is InChI=1S/C25H35N3O3/c29-23-17-28(22-10-13-26(14-11-22)24(30)21-8-4-5-9-21)25(12-15-31-19-25)18-27(23)16-20-6-2-1-3-7-20/h1-3,6-7,21-22H,4-5,8-19H2. The molecule has 0 bridgehead atoms. The Bertz CT molecular complexity index is 778. The van der Waals surface area contributed by atoms with Gasteiger partial charge in [-0.1, -0.05) is 43.2 Å². The van der Waals surface area contributed by atoms with Crippen molar-refractivity contribution in [2.45, 2.75) is 63.1 Å². The molecule has 1 aromatic carbocycles. The first kappa shape index (κ1) is 21.0. The van der Waals surface area contributed by atoms with Crippen LogP contribution in [0, 0.1) is 5.92 Å². The zero-order valence-electron chi connectivity index (χ0n) is 18.5. The van der Waals surface area contributed by atoms with Crippen molar-refractivity contribution < 1.29 is 14.3 Å². The van der Waals surface area contributed by atoms with E-state index < -0.39 is 0 Å². The molecule has 0 aromatic heterocycles. The van der Waals surface area contributed by atoms with E-state index in [0.717, 1.165) is 58.3 Å². The summed E-state index contributed by atoms with van der Waals surface area (Å²) in [5.41, 5.74) is 1.10. The molecule has 1 unspecified atom stereocenters. The van der Waals surface area contributed by atoms with Gasteiger partial charge in [-0.25, -0.2) is 0 Å². The monoisotopic (exact) mass is 425 g/mol. The highest BCUT2D eigenvalue weighted by atomic mass is 16.5. The summed E-state index contributed by atoms with van der Waals surface area (Å²) in [6.07, 6.45) is 7.44. The van der Waals surface area contributed by atoms with Crippen molar-refractivity contribution in [2.24, 2.45) is 5.92 Å². The molecule has 1 spiro atoms. The molecule has 4 aliphatic rings. The van der Waals surface area contributed by atoms with Gasteiger partial charge < -0.3 is 14.5 Å². The van der Waals surface area contributed by atoms with Gasteiger partial charge in [0.1, 0.15) is 0 Å². The Hall–Kier alpha value is -1.92. The Morgan fingerprint density at radius 3 is 2.48 bits per heavy atom. The summed E-state index contributed by atoms with van der Waals surface area (Å²) in [6.45, 7) is 5.00. The van der Waals surface area contributed by atoms with E-state index in [1.165, 1.54) is 18.4 Å². The number of rotatable bonds is 4. The van der Waals surface area contributed by atoms with Crippen molar-refractivity contribution in [3.63, 3.8) is 0 Å². The van der Waals surface area contributed by atoms with Crippen LogP contribution in [0.1, 0.15) is 50.5 Å². The topological polar surface area (TPSA) is 53.1 Å². The van der Waals surface area contributed by atoms with E-state index in [9.17, 15) is 9.59 Å². The molecule has 2 amide bonds. The van der Waals surface area contributed by atoms with Crippen molar-refractivity contribution in [3.8, 4) is 0 Å². The number of benzene rings is 1. The first-order valence-corrected chi connectivity index (χ1v) is 12.1. The van der Waals surface area contributed by atoms with Crippen LogP contribution in [0.4, 0.5) is 0 Å². The van der Waals surface area contributed by atoms with Crippen molar-refractivity contribution in [2.75, 3.05) is 39.4 Å². The van der Waals surface area contributed by atoms with Crippen LogP contribution in [0.2, 0.25) is 0 Å². The van der Waals surface area contributed by atoms with E-state index in [4.69, 9.17) is 4.74 Å². The number of nitrogens with zero attached hydrogens (tertiary/aromatic N) is 3. The summed E-state index contributed by atoms with van der Waals surface area (Å²) >= 11 is 0. The number of piperidine rings is 1. The van der Waals surface area contributed by atoms with Gasteiger partial charge in [0, 0.05) is 44.7 Å². The average molecular weight is 426 g/mol. The van der Waals surface area contributed by atoms with E-state index in [1.807, 2.05) is 23.1 Å². The number of piperazine rings is 1. The number of ether oxygens (including phenoxy) is 1. The second-order valence-corrected chi connectivity index (χ2v) is 9.93. The Morgan fingerprint density at radius 2 is 1.81 bits per heavy atom. The second-order valence-electron chi connectivity index (χ2n) is 9.93. The van der Waals surface area contributed by atoms with Crippen LogP contribution in [-0.2, 0) is 20.9 Å². The van der Waals surface area contributed by atoms with Crippen LogP contribution in [0.15, 0.2) is 30.3 Å². The molecule has 0 radical (unpaired) electrons. The van der Waals surface area contributed by atoms with E-state index in [-0.39, 0.29) is 17.4 Å². The summed E-state index contributed by atoms with van der Waals surface area (Å²) in [7, 11) is 0. The number of carbonyl (C=O) groups excluding carboxylic acids is 2. The molecule has 31 heavy (non-hydrogen) atoms. The summed E-state index contributed by atoms with van der Waals surface area (Å²) in [5.74, 6) is 0.846. The zero-order valence-corrected chi connectivity index (χ0v) is 18.5. The van der Waals surface area contributed by atoms with Crippen LogP contribution in [0.5, 0.6) is 0 Å². The molecule has 6 heteroatoms. The second kappa shape index (κ2) is 8.91. The minimum absolute atomic E-state index is 0.0784. The number of amides is 2. The lowest BCUT2D eigenvalue weighted by Gasteiger charge is -2.52. The first-order chi connectivity index (χ1) is 15.1. The highest BCUT2D eigenvalue weighted by molar-refractivity contribution is 5.80. The zero-order chi connectivity index (χ0) is 21.3. The smallest absolute Gasteiger partial charge is 0.237 e. The van der Waals surface area contributed by atoms with Gasteiger partial charge in [0.05, 0.1) is 18.7 Å². The summed E-state index contributed by atoms with van der Waals surface area (Å²) in [6, 6.07) is 10.6. The van der Waals surface area contributed by atoms with Gasteiger partial charge in [-0.05, 0) is 37.7 Å². The molecule has 1 aliphatic carbocycles. The summed E-state index contributed by atoms with van der Waals surface area (Å²) < 4.78 is 5.88. The molecular weight excluding hydrogens is 390 g/mol. The number of likely N-dealkylation sites (tertiary alicyclic amines) is 1. The summed E-state index contributed by atoms with van der Waals surface area (Å²) in [5, 5.41) is 0. The number of carbonyl (C=O) groups is 2. The van der Waals surface area contributed by atoms with Crippen molar-refractivity contribution in [1.29, 1.82) is 0 Å². The third kappa shape index (κ3) is 4.24. The van der Waals surface area contributed by atoms with Gasteiger partial charge in [0.25, 0.3) is 0 Å². The fourth-order valence-electron chi connectivity index (χ4n) is 6.19. The van der Waals surface area contributed by atoms with Crippen molar-refractivity contribution >= 4 is 11.8 Å². The Labute approximate surface area is 185 Å². The van der Waals surface area contributed by atoms with Gasteiger partial charge in [0.2, 0.25) is 11.8 Å². The van der Waals surface area contributed by atoms with Crippen molar-refractivity contribution in [3.05, 3.63) is 35.9 Å². The maximum atomic E-state index is 13.1. The van der Waals surface area contributed by atoms with E-state index >= 15 is 0 Å². The highest BCUT2D eigenvalue weighted by Gasteiger charge is 2.50. The average Bonchev–Trinajstić information content (AvgIpc) is 3.50. The molecule has 3 saturated heterocycles. The molecule has 5 rings (SSSR count). The van der Waals surface area contributed by atoms with Crippen molar-refractivity contribution in [1.82, 2.24) is 14.7 Å². The largest absolute Gasteiger partial charge is 0.379 e. The fourth-order valence-corrected chi connectivity index (χ4v) is 6.19. The van der Waals surface area contributed by atoms with E-state index in [0.29, 0.717) is 31.6 Å². The molecule has 168 valence electrons. The SMILES string of the molecule is O=C1CN(C2CCN(C(=O)C3CCCC3)CC2)C2(CCOC2)CN1Cc1ccccc1. The Morgan fingerprint density at radius 1 is 1.06 bits per heavy atom. The minimum atomic E-state index is -0.0784. The third-order valence-electron chi connectivity index (χ3n) is 7.97. The fraction of sp³-hybridized carbons (Fsp3) is 0.680. The molecule has 4 fully saturated rings. The maximum Gasteiger partial charge on any atom is 0.237 e. The van der Waals surface area contributed by atoms with Crippen LogP contribution < -0.4 is 0 Å². The predicted molar refractivity (Wildman–Crippen MR) is 118 cm³/mol. The molecule has 6 nitrogen and oxygen atoms in total. The van der Waals surface area contributed by atoms with Crippen LogP contribution >= 0.6 is 0 Å². The molecule has 1 saturated carbocycles. The van der Waals surface area contributed by atoms with E-state index in [1.54, 1.807) is 0 Å². The Kier molecular flexibility index (Phi) is 6.02. The molecular formula is C25H35N3O3. The lowest BCUT2D eigenvalue weighted by molar-refractivity contribution is -0.150. The first-order valence-electron chi connectivity index (χ1n) is 12.1. The molecule has 3 aliphatic heterocycles. The molecule has 0 N–H and O–H groups in total. The lowest BCUT2D eigenvalue weighted by Crippen LogP contribution is -2.68. The van der Waals surface area contributed by atoms with Gasteiger partial charge in [-0.15, -0.1) is 0 Å². The van der Waals surface area contributed by atoms with Gasteiger partial charge >= 0.3 is 0 Å². The summed E-state index contributed by atoms with van der Waals surface area (Å²) in [4.78, 5) is 32.5. The van der Waals surface area contributed by atoms with Gasteiger partial charge in [-0.3, -0.25) is 14.5 Å². The van der Waals surface area contributed by atoms with Crippen LogP contribution in [-0.4, -0.2) is 77.5 Å². The molecule has 1 atom stereocenters. The Balaban J connectivity index is 1.25. The van der Waals surface area contributed by atoms with Crippen LogP contribution in [0.25, 0.3) is 0 Å². The number of hydrogen-bond acceptors (Lipinski definition) is 4. The quantitative estimate of drug-likeness (QED) is 0.744. The normalized spacial score (nSPS) is 28.7. The van der Waals surface area contributed by atoms with Gasteiger partial charge in [-0.2, -0.15) is 0 Å². The predicted octanol–water partition coefficient (Wildman–Crippen LogP) is 2.67.